The maximum atomic E-state index is 13.3. The van der Waals surface area contributed by atoms with E-state index in [2.05, 4.69) is 24.5 Å². The standard InChI is InChI=1S/C21H32ClN3O5/c1-20(2,3)30-19(29)25-10-12-15(21(12,4)5)16(25)18(28)24-13(14(26)9-22)8-11-6-7-23-17(11)27/h11-13,15-16H,6-10H2,1-5H3,(H,23,27)(H,24,28)/t11-,12-,13-,15-,16-/m0/s1. The first-order chi connectivity index (χ1) is 13.9. The van der Waals surface area contributed by atoms with Crippen molar-refractivity contribution in [2.24, 2.45) is 23.2 Å². The van der Waals surface area contributed by atoms with Gasteiger partial charge in [-0.1, -0.05) is 13.8 Å². The molecule has 1 saturated carbocycles. The largest absolute Gasteiger partial charge is 0.444 e. The molecule has 2 aliphatic heterocycles. The summed E-state index contributed by atoms with van der Waals surface area (Å²) >= 11 is 5.76. The number of ketones is 1. The van der Waals surface area contributed by atoms with Gasteiger partial charge in [0.15, 0.2) is 5.78 Å². The molecule has 3 aliphatic rings. The Labute approximate surface area is 182 Å². The zero-order valence-corrected chi connectivity index (χ0v) is 19.0. The second-order valence-corrected chi connectivity index (χ2v) is 10.5. The highest BCUT2D eigenvalue weighted by molar-refractivity contribution is 6.28. The highest BCUT2D eigenvalue weighted by Crippen LogP contribution is 2.65. The number of rotatable bonds is 6. The van der Waals surface area contributed by atoms with Crippen LogP contribution in [-0.4, -0.2) is 65.2 Å². The molecule has 2 heterocycles. The summed E-state index contributed by atoms with van der Waals surface area (Å²) in [4.78, 5) is 51.8. The van der Waals surface area contributed by atoms with Crippen molar-refractivity contribution < 1.29 is 23.9 Å². The van der Waals surface area contributed by atoms with Crippen LogP contribution >= 0.6 is 11.6 Å². The fraction of sp³-hybridized carbons (Fsp3) is 0.810. The highest BCUT2D eigenvalue weighted by Gasteiger charge is 2.69. The quantitative estimate of drug-likeness (QED) is 0.610. The highest BCUT2D eigenvalue weighted by atomic mass is 35.5. The molecule has 3 fully saturated rings. The number of nitrogens with zero attached hydrogens (tertiary/aromatic N) is 1. The lowest BCUT2D eigenvalue weighted by atomic mass is 9.95. The van der Waals surface area contributed by atoms with Crippen LogP contribution in [0.4, 0.5) is 4.79 Å². The van der Waals surface area contributed by atoms with Crippen LogP contribution < -0.4 is 10.6 Å². The smallest absolute Gasteiger partial charge is 0.410 e. The summed E-state index contributed by atoms with van der Waals surface area (Å²) in [5.74, 6) is -1.21. The molecule has 0 aromatic carbocycles. The minimum Gasteiger partial charge on any atom is -0.444 e. The molecule has 9 heteroatoms. The number of halogens is 1. The molecule has 30 heavy (non-hydrogen) atoms. The molecule has 3 amide bonds. The SMILES string of the molecule is CC(C)(C)OC(=O)N1C[C@H]2[C@@H]([C@H]1C(=O)N[C@@H](C[C@@H]1CCNC1=O)C(=O)CCl)C2(C)C. The van der Waals surface area contributed by atoms with Gasteiger partial charge in [-0.15, -0.1) is 11.6 Å². The summed E-state index contributed by atoms with van der Waals surface area (Å²) in [6.07, 6.45) is 0.298. The summed E-state index contributed by atoms with van der Waals surface area (Å²) in [7, 11) is 0. The number of Topliss-reactive ketones (excluding diaryl/α,β-unsaturated/α-hetero) is 1. The molecule has 5 atom stereocenters. The van der Waals surface area contributed by atoms with E-state index in [1.165, 1.54) is 4.90 Å². The number of piperidine rings is 1. The van der Waals surface area contributed by atoms with E-state index in [9.17, 15) is 19.2 Å². The third-order valence-corrected chi connectivity index (χ3v) is 6.89. The summed E-state index contributed by atoms with van der Waals surface area (Å²) < 4.78 is 5.50. The Bertz CT molecular complexity index is 747. The lowest BCUT2D eigenvalue weighted by molar-refractivity contribution is -0.131. The van der Waals surface area contributed by atoms with E-state index in [0.29, 0.717) is 19.5 Å². The van der Waals surface area contributed by atoms with Gasteiger partial charge in [0, 0.05) is 19.0 Å². The van der Waals surface area contributed by atoms with Gasteiger partial charge in [-0.25, -0.2) is 4.79 Å². The molecule has 3 rings (SSSR count). The fourth-order valence-electron chi connectivity index (χ4n) is 4.87. The van der Waals surface area contributed by atoms with E-state index in [0.717, 1.165) is 0 Å². The number of hydrogen-bond acceptors (Lipinski definition) is 5. The van der Waals surface area contributed by atoms with Crippen LogP contribution in [0.25, 0.3) is 0 Å². The molecule has 8 nitrogen and oxygen atoms in total. The maximum absolute atomic E-state index is 13.3. The average molecular weight is 442 g/mol. The average Bonchev–Trinajstić information content (AvgIpc) is 3.01. The number of carbonyl (C=O) groups excluding carboxylic acids is 4. The fourth-order valence-corrected chi connectivity index (χ4v) is 5.06. The van der Waals surface area contributed by atoms with E-state index in [1.807, 2.05) is 0 Å². The van der Waals surface area contributed by atoms with E-state index < -0.39 is 23.8 Å². The van der Waals surface area contributed by atoms with Gasteiger partial charge >= 0.3 is 6.09 Å². The Morgan fingerprint density at radius 3 is 2.53 bits per heavy atom. The van der Waals surface area contributed by atoms with Crippen LogP contribution in [0.2, 0.25) is 0 Å². The van der Waals surface area contributed by atoms with Crippen LogP contribution in [0.5, 0.6) is 0 Å². The van der Waals surface area contributed by atoms with Gasteiger partial charge in [0.25, 0.3) is 0 Å². The predicted molar refractivity (Wildman–Crippen MR) is 111 cm³/mol. The summed E-state index contributed by atoms with van der Waals surface area (Å²) in [6, 6.07) is -1.56. The number of likely N-dealkylation sites (tertiary alicyclic amines) is 1. The second kappa shape index (κ2) is 8.02. The third-order valence-electron chi connectivity index (χ3n) is 6.63. The molecule has 0 aromatic heterocycles. The molecule has 0 unspecified atom stereocenters. The van der Waals surface area contributed by atoms with Gasteiger partial charge in [0.1, 0.15) is 11.6 Å². The summed E-state index contributed by atoms with van der Waals surface area (Å²) in [5.41, 5.74) is -0.731. The summed E-state index contributed by atoms with van der Waals surface area (Å²) in [6.45, 7) is 10.5. The Kier molecular flexibility index (Phi) is 6.11. The first kappa shape index (κ1) is 22.8. The molecule has 0 spiro atoms. The molecular formula is C21H32ClN3O5. The second-order valence-electron chi connectivity index (χ2n) is 10.2. The maximum Gasteiger partial charge on any atom is 0.410 e. The number of amides is 3. The number of ether oxygens (including phenoxy) is 1. The molecule has 0 radical (unpaired) electrons. The van der Waals surface area contributed by atoms with E-state index in [-0.39, 0.29) is 53.1 Å². The van der Waals surface area contributed by atoms with E-state index in [4.69, 9.17) is 16.3 Å². The van der Waals surface area contributed by atoms with Crippen molar-refractivity contribution in [2.45, 2.75) is 65.1 Å². The van der Waals surface area contributed by atoms with Crippen LogP contribution in [0.15, 0.2) is 0 Å². The van der Waals surface area contributed by atoms with Crippen molar-refractivity contribution in [3.8, 4) is 0 Å². The first-order valence-electron chi connectivity index (χ1n) is 10.5. The Morgan fingerprint density at radius 1 is 1.33 bits per heavy atom. The minimum absolute atomic E-state index is 0.00607. The topological polar surface area (TPSA) is 105 Å². The zero-order valence-electron chi connectivity index (χ0n) is 18.3. The Hall–Kier alpha value is -1.83. The Balaban J connectivity index is 1.75. The molecule has 0 aromatic rings. The summed E-state index contributed by atoms with van der Waals surface area (Å²) in [5, 5.41) is 5.54. The van der Waals surface area contributed by atoms with Gasteiger partial charge in [0.2, 0.25) is 11.8 Å². The number of nitrogens with one attached hydrogen (secondary N) is 2. The minimum atomic E-state index is -0.856. The number of hydrogen-bond donors (Lipinski definition) is 2. The molecule has 1 aliphatic carbocycles. The van der Waals surface area contributed by atoms with E-state index in [1.54, 1.807) is 20.8 Å². The van der Waals surface area contributed by atoms with Crippen molar-refractivity contribution in [3.05, 3.63) is 0 Å². The lowest BCUT2D eigenvalue weighted by Crippen LogP contribution is -2.54. The number of carbonyl (C=O) groups is 4. The molecule has 2 N–H and O–H groups in total. The molecule has 168 valence electrons. The van der Waals surface area contributed by atoms with Crippen molar-refractivity contribution in [2.75, 3.05) is 19.0 Å². The van der Waals surface area contributed by atoms with Crippen molar-refractivity contribution in [1.82, 2.24) is 15.5 Å². The van der Waals surface area contributed by atoms with Crippen LogP contribution in [0.3, 0.4) is 0 Å². The molecular weight excluding hydrogens is 410 g/mol. The first-order valence-corrected chi connectivity index (χ1v) is 11.1. The normalized spacial score (nSPS) is 30.3. The van der Waals surface area contributed by atoms with Crippen LogP contribution in [0.1, 0.15) is 47.5 Å². The number of alkyl halides is 1. The predicted octanol–water partition coefficient (Wildman–Crippen LogP) is 1.70. The van der Waals surface area contributed by atoms with Gasteiger partial charge in [0.05, 0.1) is 11.9 Å². The van der Waals surface area contributed by atoms with Crippen LogP contribution in [-0.2, 0) is 19.1 Å². The zero-order chi connectivity index (χ0) is 22.4. The lowest BCUT2D eigenvalue weighted by Gasteiger charge is -2.33. The molecule has 0 bridgehead atoms. The number of fused-ring (bicyclic) bond motifs is 1. The van der Waals surface area contributed by atoms with Gasteiger partial charge < -0.3 is 15.4 Å². The van der Waals surface area contributed by atoms with Crippen molar-refractivity contribution in [3.63, 3.8) is 0 Å². The van der Waals surface area contributed by atoms with Crippen molar-refractivity contribution in [1.29, 1.82) is 0 Å². The van der Waals surface area contributed by atoms with Gasteiger partial charge in [-0.3, -0.25) is 19.3 Å². The van der Waals surface area contributed by atoms with Crippen molar-refractivity contribution >= 4 is 35.3 Å². The van der Waals surface area contributed by atoms with Gasteiger partial charge in [-0.05, 0) is 50.9 Å². The third kappa shape index (κ3) is 4.43. The Morgan fingerprint density at radius 2 is 2.00 bits per heavy atom. The molecule has 2 saturated heterocycles. The monoisotopic (exact) mass is 441 g/mol. The van der Waals surface area contributed by atoms with E-state index >= 15 is 0 Å². The van der Waals surface area contributed by atoms with Gasteiger partial charge in [-0.2, -0.15) is 0 Å². The van der Waals surface area contributed by atoms with Crippen LogP contribution in [0, 0.1) is 23.2 Å².